The Morgan fingerprint density at radius 1 is 1.21 bits per heavy atom. The molecular formula is C18H15N3O7S. The molecule has 0 spiro atoms. The molecular weight excluding hydrogens is 402 g/mol. The van der Waals surface area contributed by atoms with Crippen LogP contribution in [0.3, 0.4) is 0 Å². The van der Waals surface area contributed by atoms with Gasteiger partial charge in [0.25, 0.3) is 10.0 Å². The van der Waals surface area contributed by atoms with Crippen molar-refractivity contribution in [3.63, 3.8) is 0 Å². The number of hydrogen-bond donors (Lipinski definition) is 1. The highest BCUT2D eigenvalue weighted by atomic mass is 32.2. The molecule has 1 N–H and O–H groups in total. The van der Waals surface area contributed by atoms with Crippen LogP contribution >= 0.6 is 0 Å². The monoisotopic (exact) mass is 417 g/mol. The highest BCUT2D eigenvalue weighted by Crippen LogP contribution is 2.35. The number of hydrogen-bond acceptors (Lipinski definition) is 8. The van der Waals surface area contributed by atoms with Gasteiger partial charge in [0.05, 0.1) is 6.54 Å². The first-order valence-corrected chi connectivity index (χ1v) is 9.90. The van der Waals surface area contributed by atoms with Crippen LogP contribution in [0.5, 0.6) is 17.2 Å². The van der Waals surface area contributed by atoms with Gasteiger partial charge in [-0.3, -0.25) is 0 Å². The van der Waals surface area contributed by atoms with Gasteiger partial charge in [-0.2, -0.15) is 9.29 Å². The summed E-state index contributed by atoms with van der Waals surface area (Å²) in [5.74, 6) is 1.49. The van der Waals surface area contributed by atoms with E-state index in [1.54, 1.807) is 31.2 Å². The molecule has 1 aliphatic rings. The summed E-state index contributed by atoms with van der Waals surface area (Å²) in [6.45, 7) is 1.30. The van der Waals surface area contributed by atoms with Crippen molar-refractivity contribution in [3.05, 3.63) is 48.4 Å². The quantitative estimate of drug-likeness (QED) is 0.683. The Balaban J connectivity index is 1.67. The van der Waals surface area contributed by atoms with E-state index < -0.39 is 16.1 Å². The smallest absolute Gasteiger partial charge is 0.421 e. The lowest BCUT2D eigenvalue weighted by molar-refractivity contribution is 0.167. The summed E-state index contributed by atoms with van der Waals surface area (Å²) >= 11 is 0. The van der Waals surface area contributed by atoms with Crippen LogP contribution in [0.4, 0.5) is 4.79 Å². The molecule has 0 saturated carbocycles. The van der Waals surface area contributed by atoms with Crippen molar-refractivity contribution in [2.75, 3.05) is 13.2 Å². The molecule has 0 aliphatic carbocycles. The largest absolute Gasteiger partial charge is 0.490 e. The lowest BCUT2D eigenvalue weighted by Gasteiger charge is -2.16. The van der Waals surface area contributed by atoms with E-state index in [2.05, 4.69) is 10.1 Å². The summed E-state index contributed by atoms with van der Waals surface area (Å²) in [4.78, 5) is 15.2. The molecule has 3 aromatic rings. The predicted octanol–water partition coefficient (Wildman–Crippen LogP) is 2.90. The zero-order valence-corrected chi connectivity index (χ0v) is 15.9. The van der Waals surface area contributed by atoms with Crippen LogP contribution in [0, 0.1) is 6.92 Å². The zero-order valence-electron chi connectivity index (χ0n) is 15.1. The molecule has 0 unspecified atom stereocenters. The lowest BCUT2D eigenvalue weighted by Crippen LogP contribution is -2.36. The highest BCUT2D eigenvalue weighted by Gasteiger charge is 2.34. The van der Waals surface area contributed by atoms with E-state index in [0.29, 0.717) is 27.3 Å². The number of rotatable bonds is 3. The Bertz CT molecular complexity index is 1190. The maximum atomic E-state index is 12.7. The molecule has 0 atom stereocenters. The van der Waals surface area contributed by atoms with Crippen molar-refractivity contribution in [1.82, 2.24) is 14.4 Å². The number of amides is 1. The lowest BCUT2D eigenvalue weighted by atomic mass is 10.2. The molecule has 0 fully saturated rings. The van der Waals surface area contributed by atoms with Gasteiger partial charge in [-0.05, 0) is 24.3 Å². The molecule has 1 aromatic heterocycles. The summed E-state index contributed by atoms with van der Waals surface area (Å²) in [6, 6.07) is 11.1. The van der Waals surface area contributed by atoms with E-state index in [4.69, 9.17) is 14.0 Å². The molecule has 0 bridgehead atoms. The fourth-order valence-corrected chi connectivity index (χ4v) is 4.20. The summed E-state index contributed by atoms with van der Waals surface area (Å²) < 4.78 is 41.9. The van der Waals surface area contributed by atoms with E-state index in [-0.39, 0.29) is 29.5 Å². The molecule has 2 heterocycles. The Morgan fingerprint density at radius 3 is 2.72 bits per heavy atom. The first-order chi connectivity index (χ1) is 13.8. The topological polar surface area (TPSA) is 132 Å². The third-order valence-corrected chi connectivity index (χ3v) is 5.90. The normalized spacial score (nSPS) is 15.1. The number of aryl methyl sites for hydroxylation is 1. The van der Waals surface area contributed by atoms with Gasteiger partial charge in [-0.25, -0.2) is 13.2 Å². The Kier molecular flexibility index (Phi) is 4.59. The maximum Gasteiger partial charge on any atom is 0.421 e. The maximum absolute atomic E-state index is 12.7. The van der Waals surface area contributed by atoms with Gasteiger partial charge in [0.1, 0.15) is 28.8 Å². The van der Waals surface area contributed by atoms with E-state index in [0.717, 1.165) is 0 Å². The highest BCUT2D eigenvalue weighted by molar-refractivity contribution is 7.89. The molecule has 0 radical (unpaired) electrons. The molecule has 10 nitrogen and oxygen atoms in total. The van der Waals surface area contributed by atoms with Gasteiger partial charge < -0.3 is 19.1 Å². The number of sulfonamides is 1. The number of carbonyl (C=O) groups is 1. The van der Waals surface area contributed by atoms with Crippen molar-refractivity contribution >= 4 is 16.1 Å². The van der Waals surface area contributed by atoms with Crippen LogP contribution in [0.15, 0.2) is 51.9 Å². The van der Waals surface area contributed by atoms with Crippen molar-refractivity contribution in [3.8, 4) is 28.6 Å². The van der Waals surface area contributed by atoms with Crippen molar-refractivity contribution in [2.45, 2.75) is 11.8 Å². The minimum atomic E-state index is -4.29. The van der Waals surface area contributed by atoms with E-state index >= 15 is 0 Å². The minimum Gasteiger partial charge on any atom is -0.490 e. The number of fused-ring (bicyclic) bond motifs is 1. The number of nitrogens with zero attached hydrogens (tertiary/aromatic N) is 3. The fourth-order valence-electron chi connectivity index (χ4n) is 2.80. The number of carboxylic acid groups (broad SMARTS) is 1. The van der Waals surface area contributed by atoms with Gasteiger partial charge in [0.15, 0.2) is 0 Å². The van der Waals surface area contributed by atoms with E-state index in [1.165, 1.54) is 18.2 Å². The van der Waals surface area contributed by atoms with Crippen molar-refractivity contribution in [1.29, 1.82) is 0 Å². The fraction of sp³-hybridized carbons (Fsp3) is 0.167. The second-order valence-electron chi connectivity index (χ2n) is 6.08. The minimum absolute atomic E-state index is 0.0668. The average molecular weight is 417 g/mol. The second-order valence-corrected chi connectivity index (χ2v) is 7.91. The van der Waals surface area contributed by atoms with Gasteiger partial charge in [0.2, 0.25) is 11.7 Å². The molecule has 1 aliphatic heterocycles. The van der Waals surface area contributed by atoms with Crippen LogP contribution in [-0.4, -0.2) is 47.2 Å². The molecule has 11 heteroatoms. The average Bonchev–Trinajstić information content (AvgIpc) is 3.06. The predicted molar refractivity (Wildman–Crippen MR) is 98.4 cm³/mol. The van der Waals surface area contributed by atoms with Crippen molar-refractivity contribution < 1.29 is 32.3 Å². The van der Waals surface area contributed by atoms with Gasteiger partial charge >= 0.3 is 6.09 Å². The SMILES string of the molecule is Cc1nc(-c2cccc(Oc3ccc4c(c3)S(=O)(=O)N(C(=O)O)CCO4)c2)no1. The van der Waals surface area contributed by atoms with E-state index in [9.17, 15) is 18.3 Å². The van der Waals surface area contributed by atoms with Gasteiger partial charge in [0, 0.05) is 18.6 Å². The van der Waals surface area contributed by atoms with Crippen LogP contribution < -0.4 is 9.47 Å². The third kappa shape index (κ3) is 3.59. The number of aromatic nitrogens is 2. The molecule has 1 amide bonds. The standard InChI is InChI=1S/C18H15N3O7S/c1-11-19-17(20-28-11)12-3-2-4-13(9-12)27-14-5-6-15-16(10-14)29(24,25)21(18(22)23)7-8-26-15/h2-6,9-10H,7-8H2,1H3,(H,22,23). The summed E-state index contributed by atoms with van der Waals surface area (Å²) in [5, 5.41) is 13.1. The zero-order chi connectivity index (χ0) is 20.6. The molecule has 0 saturated heterocycles. The van der Waals surface area contributed by atoms with E-state index in [1.807, 2.05) is 0 Å². The Labute approximate surface area is 165 Å². The first kappa shape index (κ1) is 18.7. The molecule has 150 valence electrons. The first-order valence-electron chi connectivity index (χ1n) is 8.46. The molecule has 2 aromatic carbocycles. The van der Waals surface area contributed by atoms with Gasteiger partial charge in [-0.1, -0.05) is 17.3 Å². The Morgan fingerprint density at radius 2 is 2.00 bits per heavy atom. The summed E-state index contributed by atoms with van der Waals surface area (Å²) in [7, 11) is -4.29. The van der Waals surface area contributed by atoms with Crippen molar-refractivity contribution in [2.24, 2.45) is 0 Å². The summed E-state index contributed by atoms with van der Waals surface area (Å²) in [5.41, 5.74) is 0.655. The van der Waals surface area contributed by atoms with Crippen LogP contribution in [0.2, 0.25) is 0 Å². The molecule has 29 heavy (non-hydrogen) atoms. The van der Waals surface area contributed by atoms with Gasteiger partial charge in [-0.15, -0.1) is 0 Å². The summed E-state index contributed by atoms with van der Waals surface area (Å²) in [6.07, 6.45) is -1.57. The number of ether oxygens (including phenoxy) is 2. The second kappa shape index (κ2) is 7.09. The van der Waals surface area contributed by atoms with Crippen LogP contribution in [0.25, 0.3) is 11.4 Å². The third-order valence-electron chi connectivity index (χ3n) is 4.10. The van der Waals surface area contributed by atoms with Crippen LogP contribution in [-0.2, 0) is 10.0 Å². The molecule has 4 rings (SSSR count). The Hall–Kier alpha value is -3.60. The number of benzene rings is 2. The van der Waals surface area contributed by atoms with Crippen LogP contribution in [0.1, 0.15) is 5.89 Å².